The first-order valence-corrected chi connectivity index (χ1v) is 8.52. The van der Waals surface area contributed by atoms with Crippen LogP contribution in [0, 0.1) is 12.8 Å². The number of aryl methyl sites for hydroxylation is 1. The first kappa shape index (κ1) is 14.1. The van der Waals surface area contributed by atoms with Gasteiger partial charge < -0.3 is 9.80 Å². The summed E-state index contributed by atoms with van der Waals surface area (Å²) in [7, 11) is 1.97. The van der Waals surface area contributed by atoms with E-state index in [9.17, 15) is 4.79 Å². The topological polar surface area (TPSA) is 23.6 Å². The van der Waals surface area contributed by atoms with E-state index in [-0.39, 0.29) is 5.92 Å². The molecular weight excluding hydrogens is 268 g/mol. The van der Waals surface area contributed by atoms with Crippen LogP contribution in [0.5, 0.6) is 0 Å². The SMILES string of the molecule is Cc1ccc(C2CC(CN3CCCCC3)C(=O)N2C)s1. The van der Waals surface area contributed by atoms with Crippen LogP contribution in [0.1, 0.15) is 41.5 Å². The van der Waals surface area contributed by atoms with Crippen molar-refractivity contribution in [1.29, 1.82) is 0 Å². The maximum absolute atomic E-state index is 12.5. The third-order valence-electron chi connectivity index (χ3n) is 4.69. The lowest BCUT2D eigenvalue weighted by atomic mass is 10.0. The molecular formula is C16H24N2OS. The smallest absolute Gasteiger partial charge is 0.227 e. The van der Waals surface area contributed by atoms with Crippen LogP contribution in [0.25, 0.3) is 0 Å². The molecule has 2 unspecified atom stereocenters. The van der Waals surface area contributed by atoms with Gasteiger partial charge in [0.25, 0.3) is 0 Å². The van der Waals surface area contributed by atoms with Crippen LogP contribution >= 0.6 is 11.3 Å². The van der Waals surface area contributed by atoms with Crippen LogP contribution in [0.2, 0.25) is 0 Å². The summed E-state index contributed by atoms with van der Waals surface area (Å²) in [5.74, 6) is 0.539. The zero-order valence-corrected chi connectivity index (χ0v) is 13.3. The fraction of sp³-hybridized carbons (Fsp3) is 0.688. The Labute approximate surface area is 125 Å². The first-order valence-electron chi connectivity index (χ1n) is 7.70. The van der Waals surface area contributed by atoms with Gasteiger partial charge in [-0.3, -0.25) is 4.79 Å². The van der Waals surface area contributed by atoms with Crippen LogP contribution in [0.4, 0.5) is 0 Å². The van der Waals surface area contributed by atoms with Gasteiger partial charge in [0.1, 0.15) is 0 Å². The molecule has 2 fully saturated rings. The molecule has 0 aromatic carbocycles. The minimum atomic E-state index is 0.200. The second-order valence-corrected chi connectivity index (χ2v) is 7.53. The summed E-state index contributed by atoms with van der Waals surface area (Å²) in [6, 6.07) is 4.66. The van der Waals surface area contributed by atoms with Gasteiger partial charge in [-0.15, -0.1) is 11.3 Å². The highest BCUT2D eigenvalue weighted by Crippen LogP contribution is 2.38. The fourth-order valence-electron chi connectivity index (χ4n) is 3.52. The fourth-order valence-corrected chi connectivity index (χ4v) is 4.55. The van der Waals surface area contributed by atoms with E-state index in [0.717, 1.165) is 13.0 Å². The summed E-state index contributed by atoms with van der Waals surface area (Å²) in [6.45, 7) is 5.45. The van der Waals surface area contributed by atoms with Gasteiger partial charge >= 0.3 is 0 Å². The summed E-state index contributed by atoms with van der Waals surface area (Å²) >= 11 is 1.83. The second-order valence-electron chi connectivity index (χ2n) is 6.21. The Kier molecular flexibility index (Phi) is 4.13. The molecule has 2 aliphatic rings. The summed E-state index contributed by atoms with van der Waals surface area (Å²) in [5.41, 5.74) is 0. The number of rotatable bonds is 3. The number of thiophene rings is 1. The molecule has 2 saturated heterocycles. The molecule has 1 aromatic rings. The summed E-state index contributed by atoms with van der Waals surface area (Å²) in [6.07, 6.45) is 4.94. The Hall–Kier alpha value is -0.870. The van der Waals surface area contributed by atoms with Crippen LogP contribution < -0.4 is 0 Å². The van der Waals surface area contributed by atoms with E-state index < -0.39 is 0 Å². The Bertz CT molecular complexity index is 479. The number of carbonyl (C=O) groups is 1. The zero-order valence-electron chi connectivity index (χ0n) is 12.5. The van der Waals surface area contributed by atoms with E-state index in [1.54, 1.807) is 0 Å². The third kappa shape index (κ3) is 2.77. The molecule has 110 valence electrons. The molecule has 4 heteroatoms. The molecule has 3 nitrogen and oxygen atoms in total. The molecule has 1 amide bonds. The maximum atomic E-state index is 12.5. The summed E-state index contributed by atoms with van der Waals surface area (Å²) < 4.78 is 0. The molecule has 2 atom stereocenters. The van der Waals surface area contributed by atoms with Gasteiger partial charge in [0.2, 0.25) is 5.91 Å². The summed E-state index contributed by atoms with van der Waals surface area (Å²) in [4.78, 5) is 19.6. The number of hydrogen-bond acceptors (Lipinski definition) is 3. The average Bonchev–Trinajstić information content (AvgIpc) is 2.99. The monoisotopic (exact) mass is 292 g/mol. The molecule has 0 saturated carbocycles. The molecule has 3 heterocycles. The van der Waals surface area contributed by atoms with E-state index >= 15 is 0 Å². The average molecular weight is 292 g/mol. The van der Waals surface area contributed by atoms with Gasteiger partial charge in [0.15, 0.2) is 0 Å². The normalized spacial score (nSPS) is 28.3. The quantitative estimate of drug-likeness (QED) is 0.855. The predicted octanol–water partition coefficient (Wildman–Crippen LogP) is 3.06. The number of nitrogens with zero attached hydrogens (tertiary/aromatic N) is 2. The lowest BCUT2D eigenvalue weighted by molar-refractivity contribution is -0.131. The number of carbonyl (C=O) groups excluding carboxylic acids is 1. The molecule has 0 radical (unpaired) electrons. The Morgan fingerprint density at radius 2 is 2.00 bits per heavy atom. The van der Waals surface area contributed by atoms with Crippen LogP contribution in [-0.4, -0.2) is 42.4 Å². The molecule has 20 heavy (non-hydrogen) atoms. The van der Waals surface area contributed by atoms with Crippen molar-refractivity contribution in [2.75, 3.05) is 26.7 Å². The van der Waals surface area contributed by atoms with E-state index in [4.69, 9.17) is 0 Å². The van der Waals surface area contributed by atoms with Crippen LogP contribution in [0.3, 0.4) is 0 Å². The Balaban J connectivity index is 1.67. The van der Waals surface area contributed by atoms with Crippen molar-refractivity contribution >= 4 is 17.2 Å². The summed E-state index contributed by atoms with van der Waals surface area (Å²) in [5, 5.41) is 0. The molecule has 0 bridgehead atoms. The Morgan fingerprint density at radius 1 is 1.25 bits per heavy atom. The Morgan fingerprint density at radius 3 is 2.65 bits per heavy atom. The predicted molar refractivity (Wildman–Crippen MR) is 83.0 cm³/mol. The molecule has 1 aromatic heterocycles. The van der Waals surface area contributed by atoms with Gasteiger partial charge in [-0.2, -0.15) is 0 Å². The van der Waals surface area contributed by atoms with Crippen molar-refractivity contribution < 1.29 is 4.79 Å². The van der Waals surface area contributed by atoms with Crippen molar-refractivity contribution in [1.82, 2.24) is 9.80 Å². The third-order valence-corrected chi connectivity index (χ3v) is 5.79. The number of hydrogen-bond donors (Lipinski definition) is 0. The minimum Gasteiger partial charge on any atom is -0.338 e. The largest absolute Gasteiger partial charge is 0.338 e. The lowest BCUT2D eigenvalue weighted by Crippen LogP contribution is -2.36. The molecule has 0 N–H and O–H groups in total. The van der Waals surface area contributed by atoms with Gasteiger partial charge in [-0.1, -0.05) is 6.42 Å². The van der Waals surface area contributed by atoms with Gasteiger partial charge in [-0.25, -0.2) is 0 Å². The van der Waals surface area contributed by atoms with Crippen molar-refractivity contribution in [2.24, 2.45) is 5.92 Å². The second kappa shape index (κ2) is 5.86. The molecule has 0 aliphatic carbocycles. The standard InChI is InChI=1S/C16H24N2OS/c1-12-6-7-15(20-12)14-10-13(16(19)17(14)2)11-18-8-4-3-5-9-18/h6-7,13-14H,3-5,8-11H2,1-2H3. The van der Waals surface area contributed by atoms with E-state index in [2.05, 4.69) is 24.0 Å². The van der Waals surface area contributed by atoms with Crippen molar-refractivity contribution in [3.05, 3.63) is 21.9 Å². The van der Waals surface area contributed by atoms with Crippen LogP contribution in [-0.2, 0) is 4.79 Å². The van der Waals surface area contributed by atoms with Crippen LogP contribution in [0.15, 0.2) is 12.1 Å². The van der Waals surface area contributed by atoms with Crippen molar-refractivity contribution in [2.45, 2.75) is 38.6 Å². The highest BCUT2D eigenvalue weighted by atomic mass is 32.1. The van der Waals surface area contributed by atoms with Crippen molar-refractivity contribution in [3.63, 3.8) is 0 Å². The van der Waals surface area contributed by atoms with E-state index in [1.165, 1.54) is 42.1 Å². The van der Waals surface area contributed by atoms with Gasteiger partial charge in [0, 0.05) is 23.3 Å². The van der Waals surface area contributed by atoms with E-state index in [1.807, 2.05) is 23.3 Å². The van der Waals surface area contributed by atoms with Gasteiger partial charge in [0.05, 0.1) is 12.0 Å². The molecule has 0 spiro atoms. The minimum absolute atomic E-state index is 0.200. The first-order chi connectivity index (χ1) is 9.65. The number of amides is 1. The highest BCUT2D eigenvalue weighted by Gasteiger charge is 2.39. The lowest BCUT2D eigenvalue weighted by Gasteiger charge is -2.28. The zero-order chi connectivity index (χ0) is 14.1. The van der Waals surface area contributed by atoms with E-state index in [0.29, 0.717) is 11.9 Å². The maximum Gasteiger partial charge on any atom is 0.227 e. The molecule has 2 aliphatic heterocycles. The van der Waals surface area contributed by atoms with Gasteiger partial charge in [-0.05, 0) is 51.4 Å². The highest BCUT2D eigenvalue weighted by molar-refractivity contribution is 7.12. The number of piperidine rings is 1. The molecule has 3 rings (SSSR count). The number of likely N-dealkylation sites (tertiary alicyclic amines) is 2. The van der Waals surface area contributed by atoms with Crippen molar-refractivity contribution in [3.8, 4) is 0 Å².